The van der Waals surface area contributed by atoms with Gasteiger partial charge in [0, 0.05) is 18.9 Å². The SMILES string of the molecule is CCNc1nc(SCC(C)CO)c(Cl)cc1Cl. The van der Waals surface area contributed by atoms with E-state index in [1.165, 1.54) is 11.8 Å². The van der Waals surface area contributed by atoms with Crippen molar-refractivity contribution < 1.29 is 5.11 Å². The summed E-state index contributed by atoms with van der Waals surface area (Å²) in [5, 5.41) is 13.9. The van der Waals surface area contributed by atoms with Gasteiger partial charge in [0.2, 0.25) is 0 Å². The van der Waals surface area contributed by atoms with Gasteiger partial charge in [-0.2, -0.15) is 0 Å². The van der Waals surface area contributed by atoms with E-state index in [0.29, 0.717) is 15.9 Å². The van der Waals surface area contributed by atoms with Gasteiger partial charge >= 0.3 is 0 Å². The third kappa shape index (κ3) is 4.54. The van der Waals surface area contributed by atoms with Crippen molar-refractivity contribution in [2.45, 2.75) is 18.9 Å². The molecular weight excluding hydrogens is 279 g/mol. The van der Waals surface area contributed by atoms with Crippen molar-refractivity contribution >= 4 is 40.8 Å². The van der Waals surface area contributed by atoms with Crippen molar-refractivity contribution in [3.05, 3.63) is 16.1 Å². The Labute approximate surface area is 116 Å². The van der Waals surface area contributed by atoms with E-state index in [2.05, 4.69) is 10.3 Å². The summed E-state index contributed by atoms with van der Waals surface area (Å²) in [4.78, 5) is 4.37. The van der Waals surface area contributed by atoms with Crippen molar-refractivity contribution in [3.8, 4) is 0 Å². The zero-order chi connectivity index (χ0) is 12.8. The van der Waals surface area contributed by atoms with E-state index in [-0.39, 0.29) is 12.5 Å². The highest BCUT2D eigenvalue weighted by Crippen LogP contribution is 2.32. The van der Waals surface area contributed by atoms with Gasteiger partial charge in [-0.05, 0) is 18.9 Å². The van der Waals surface area contributed by atoms with Gasteiger partial charge in [-0.3, -0.25) is 0 Å². The van der Waals surface area contributed by atoms with Crippen LogP contribution in [0, 0.1) is 5.92 Å². The van der Waals surface area contributed by atoms with E-state index in [1.807, 2.05) is 13.8 Å². The summed E-state index contributed by atoms with van der Waals surface area (Å²) in [5.41, 5.74) is 0. The molecule has 0 aliphatic heterocycles. The van der Waals surface area contributed by atoms with Gasteiger partial charge in [0.1, 0.15) is 10.8 Å². The second-order valence-corrected chi connectivity index (χ2v) is 5.56. The van der Waals surface area contributed by atoms with Crippen LogP contribution in [0.5, 0.6) is 0 Å². The molecule has 0 aliphatic carbocycles. The lowest BCUT2D eigenvalue weighted by molar-refractivity contribution is 0.250. The summed E-state index contributed by atoms with van der Waals surface area (Å²) in [7, 11) is 0. The third-order valence-electron chi connectivity index (χ3n) is 2.06. The van der Waals surface area contributed by atoms with Crippen LogP contribution in [0.2, 0.25) is 10.0 Å². The minimum atomic E-state index is 0.165. The van der Waals surface area contributed by atoms with Gasteiger partial charge in [0.25, 0.3) is 0 Å². The zero-order valence-corrected chi connectivity index (χ0v) is 12.2. The molecule has 2 N–H and O–H groups in total. The number of rotatable bonds is 6. The maximum absolute atomic E-state index is 8.96. The van der Waals surface area contributed by atoms with Crippen LogP contribution in [0.25, 0.3) is 0 Å². The number of aliphatic hydroxyl groups is 1. The largest absolute Gasteiger partial charge is 0.396 e. The Morgan fingerprint density at radius 1 is 1.47 bits per heavy atom. The number of thioether (sulfide) groups is 1. The van der Waals surface area contributed by atoms with Crippen LogP contribution in [-0.4, -0.2) is 29.0 Å². The van der Waals surface area contributed by atoms with Crippen LogP contribution in [0.3, 0.4) is 0 Å². The molecule has 0 bridgehead atoms. The van der Waals surface area contributed by atoms with Gasteiger partial charge in [0.05, 0.1) is 10.0 Å². The first-order chi connectivity index (χ1) is 8.08. The van der Waals surface area contributed by atoms with Crippen molar-refractivity contribution in [1.29, 1.82) is 0 Å². The number of pyridine rings is 1. The molecule has 0 spiro atoms. The Kier molecular flexibility index (Phi) is 6.41. The van der Waals surface area contributed by atoms with Crippen LogP contribution in [0.4, 0.5) is 5.82 Å². The molecule has 1 heterocycles. The summed E-state index contributed by atoms with van der Waals surface area (Å²) in [6, 6.07) is 1.69. The maximum atomic E-state index is 8.96. The first-order valence-corrected chi connectivity index (χ1v) is 7.16. The van der Waals surface area contributed by atoms with E-state index in [0.717, 1.165) is 17.3 Å². The average Bonchev–Trinajstić information content (AvgIpc) is 2.30. The summed E-state index contributed by atoms with van der Waals surface area (Å²) in [6.07, 6.45) is 0. The van der Waals surface area contributed by atoms with E-state index in [1.54, 1.807) is 6.07 Å². The van der Waals surface area contributed by atoms with Crippen LogP contribution >= 0.6 is 35.0 Å². The molecule has 0 radical (unpaired) electrons. The number of halogens is 2. The van der Waals surface area contributed by atoms with Gasteiger partial charge < -0.3 is 10.4 Å². The molecule has 0 amide bonds. The van der Waals surface area contributed by atoms with Gasteiger partial charge in [-0.15, -0.1) is 11.8 Å². The lowest BCUT2D eigenvalue weighted by Gasteiger charge is -2.11. The Morgan fingerprint density at radius 2 is 2.18 bits per heavy atom. The number of hydrogen-bond acceptors (Lipinski definition) is 4. The molecular formula is C11H16Cl2N2OS. The van der Waals surface area contributed by atoms with E-state index < -0.39 is 0 Å². The van der Waals surface area contributed by atoms with Gasteiger partial charge in [-0.1, -0.05) is 30.1 Å². The number of aliphatic hydroxyl groups excluding tert-OH is 1. The highest BCUT2D eigenvalue weighted by Gasteiger charge is 2.10. The molecule has 1 atom stereocenters. The second kappa shape index (κ2) is 7.31. The molecule has 96 valence electrons. The first kappa shape index (κ1) is 14.9. The Bertz CT molecular complexity index is 377. The highest BCUT2D eigenvalue weighted by molar-refractivity contribution is 7.99. The van der Waals surface area contributed by atoms with Crippen LogP contribution in [0.15, 0.2) is 11.1 Å². The fraction of sp³-hybridized carbons (Fsp3) is 0.545. The molecule has 0 saturated carbocycles. The molecule has 0 saturated heterocycles. The lowest BCUT2D eigenvalue weighted by atomic mass is 10.2. The Morgan fingerprint density at radius 3 is 2.76 bits per heavy atom. The van der Waals surface area contributed by atoms with Crippen molar-refractivity contribution in [2.75, 3.05) is 24.2 Å². The predicted octanol–water partition coefficient (Wildman–Crippen LogP) is 3.54. The maximum Gasteiger partial charge on any atom is 0.146 e. The summed E-state index contributed by atoms with van der Waals surface area (Å²) in [5.74, 6) is 1.64. The summed E-state index contributed by atoms with van der Waals surface area (Å²) in [6.45, 7) is 4.87. The van der Waals surface area contributed by atoms with E-state index in [4.69, 9.17) is 28.3 Å². The standard InChI is InChI=1S/C11H16Cl2N2OS/c1-3-14-10-8(12)4-9(13)11(15-10)17-6-7(2)5-16/h4,7,16H,3,5-6H2,1-2H3,(H,14,15). The lowest BCUT2D eigenvalue weighted by Crippen LogP contribution is -2.05. The molecule has 6 heteroatoms. The fourth-order valence-electron chi connectivity index (χ4n) is 1.12. The Hall–Kier alpha value is -0.160. The third-order valence-corrected chi connectivity index (χ3v) is 4.07. The number of nitrogens with zero attached hydrogens (tertiary/aromatic N) is 1. The first-order valence-electron chi connectivity index (χ1n) is 5.42. The summed E-state index contributed by atoms with van der Waals surface area (Å²) < 4.78 is 0. The quantitative estimate of drug-likeness (QED) is 0.788. The highest BCUT2D eigenvalue weighted by atomic mass is 35.5. The second-order valence-electron chi connectivity index (χ2n) is 3.73. The molecule has 3 nitrogen and oxygen atoms in total. The minimum Gasteiger partial charge on any atom is -0.396 e. The minimum absolute atomic E-state index is 0.165. The molecule has 0 fully saturated rings. The molecule has 1 aromatic rings. The van der Waals surface area contributed by atoms with Crippen molar-refractivity contribution in [3.63, 3.8) is 0 Å². The number of anilines is 1. The molecule has 17 heavy (non-hydrogen) atoms. The smallest absolute Gasteiger partial charge is 0.146 e. The van der Waals surface area contributed by atoms with Gasteiger partial charge in [0.15, 0.2) is 0 Å². The number of hydrogen-bond donors (Lipinski definition) is 2. The molecule has 1 unspecified atom stereocenters. The fourth-order valence-corrected chi connectivity index (χ4v) is 2.61. The van der Waals surface area contributed by atoms with Crippen LogP contribution < -0.4 is 5.32 Å². The van der Waals surface area contributed by atoms with Crippen LogP contribution in [0.1, 0.15) is 13.8 Å². The van der Waals surface area contributed by atoms with Crippen LogP contribution in [-0.2, 0) is 0 Å². The summed E-state index contributed by atoms with van der Waals surface area (Å²) >= 11 is 13.6. The molecule has 0 aliphatic rings. The van der Waals surface area contributed by atoms with E-state index in [9.17, 15) is 0 Å². The monoisotopic (exact) mass is 294 g/mol. The number of aromatic nitrogens is 1. The Balaban J connectivity index is 2.80. The normalized spacial score (nSPS) is 12.5. The molecule has 1 aromatic heterocycles. The van der Waals surface area contributed by atoms with Crippen molar-refractivity contribution in [1.82, 2.24) is 4.98 Å². The predicted molar refractivity (Wildman–Crippen MR) is 75.4 cm³/mol. The topological polar surface area (TPSA) is 45.2 Å². The average molecular weight is 295 g/mol. The van der Waals surface area contributed by atoms with Gasteiger partial charge in [-0.25, -0.2) is 4.98 Å². The zero-order valence-electron chi connectivity index (χ0n) is 9.83. The molecule has 0 aromatic carbocycles. The molecule has 1 rings (SSSR count). The van der Waals surface area contributed by atoms with Crippen molar-refractivity contribution in [2.24, 2.45) is 5.92 Å². The number of nitrogens with one attached hydrogen (secondary N) is 1. The van der Waals surface area contributed by atoms with E-state index >= 15 is 0 Å².